The maximum atomic E-state index is 10.9. The summed E-state index contributed by atoms with van der Waals surface area (Å²) in [6, 6.07) is 0.944. The minimum Gasteiger partial charge on any atom is -0.373 e. The minimum absolute atomic E-state index is 0.140. The summed E-state index contributed by atoms with van der Waals surface area (Å²) in [6.45, 7) is 7.85. The Morgan fingerprint density at radius 2 is 2.06 bits per heavy atom. The maximum Gasteiger partial charge on any atom is 0.269 e. The smallest absolute Gasteiger partial charge is 0.269 e. The van der Waals surface area contributed by atoms with Crippen molar-refractivity contribution in [3.8, 4) is 0 Å². The van der Waals surface area contributed by atoms with E-state index in [0.29, 0.717) is 6.54 Å². The number of carbonyl (C=O) groups excluding carboxylic acids is 1. The first-order valence-corrected chi connectivity index (χ1v) is 8.10. The molecule has 1 atom stereocenters. The van der Waals surface area contributed by atoms with Crippen LogP contribution in [0.1, 0.15) is 13.3 Å². The molecule has 0 rings (SSSR count). The monoisotopic (exact) mass is 261 g/mol. The molecule has 0 fully saturated rings. The van der Waals surface area contributed by atoms with Crippen LogP contribution >= 0.6 is 0 Å². The van der Waals surface area contributed by atoms with Crippen molar-refractivity contribution in [2.75, 3.05) is 20.8 Å². The SMILES string of the molecule is C=CC(=O)NCCC[SiH](C)OC(C)(OC)OC. The van der Waals surface area contributed by atoms with E-state index in [2.05, 4.69) is 18.4 Å². The molecule has 0 saturated heterocycles. The number of rotatable bonds is 9. The van der Waals surface area contributed by atoms with E-state index in [1.54, 1.807) is 21.1 Å². The molecule has 0 radical (unpaired) electrons. The Bertz CT molecular complexity index is 244. The average molecular weight is 261 g/mol. The van der Waals surface area contributed by atoms with Crippen LogP contribution < -0.4 is 5.32 Å². The molecular formula is C11H23NO4Si. The van der Waals surface area contributed by atoms with Gasteiger partial charge in [0.05, 0.1) is 0 Å². The molecule has 0 aliphatic rings. The summed E-state index contributed by atoms with van der Waals surface area (Å²) >= 11 is 0. The van der Waals surface area contributed by atoms with Crippen molar-refractivity contribution in [2.45, 2.75) is 31.9 Å². The average Bonchev–Trinajstić information content (AvgIpc) is 2.34. The first kappa shape index (κ1) is 16.3. The second-order valence-corrected chi connectivity index (χ2v) is 6.27. The predicted molar refractivity (Wildman–Crippen MR) is 69.2 cm³/mol. The van der Waals surface area contributed by atoms with Crippen LogP contribution in [0.5, 0.6) is 0 Å². The number of hydrogen-bond acceptors (Lipinski definition) is 4. The molecule has 0 aliphatic heterocycles. The van der Waals surface area contributed by atoms with Crippen molar-refractivity contribution in [3.63, 3.8) is 0 Å². The Labute approximate surface area is 105 Å². The van der Waals surface area contributed by atoms with Crippen LogP contribution in [-0.4, -0.2) is 41.7 Å². The van der Waals surface area contributed by atoms with Gasteiger partial charge in [0.2, 0.25) is 5.91 Å². The zero-order valence-corrected chi connectivity index (χ0v) is 12.3. The predicted octanol–water partition coefficient (Wildman–Crippen LogP) is 1.02. The van der Waals surface area contributed by atoms with E-state index >= 15 is 0 Å². The molecular weight excluding hydrogens is 238 g/mol. The summed E-state index contributed by atoms with van der Waals surface area (Å²) < 4.78 is 16.0. The van der Waals surface area contributed by atoms with Gasteiger partial charge in [-0.3, -0.25) is 4.79 Å². The number of amides is 1. The van der Waals surface area contributed by atoms with Crippen molar-refractivity contribution < 1.29 is 18.7 Å². The lowest BCUT2D eigenvalue weighted by atomic mass is 10.4. The highest BCUT2D eigenvalue weighted by Gasteiger charge is 2.26. The third kappa shape index (κ3) is 7.27. The zero-order valence-electron chi connectivity index (χ0n) is 11.1. The van der Waals surface area contributed by atoms with Crippen molar-refractivity contribution in [1.29, 1.82) is 0 Å². The summed E-state index contributed by atoms with van der Waals surface area (Å²) in [7, 11) is 1.74. The fourth-order valence-electron chi connectivity index (χ4n) is 1.28. The summed E-state index contributed by atoms with van der Waals surface area (Å²) in [5, 5.41) is 2.73. The lowest BCUT2D eigenvalue weighted by molar-refractivity contribution is -0.312. The van der Waals surface area contributed by atoms with Crippen LogP contribution in [-0.2, 0) is 18.7 Å². The van der Waals surface area contributed by atoms with Crippen LogP contribution in [0.4, 0.5) is 0 Å². The summed E-state index contributed by atoms with van der Waals surface area (Å²) in [5.74, 6) is -1.09. The van der Waals surface area contributed by atoms with E-state index in [0.717, 1.165) is 12.5 Å². The van der Waals surface area contributed by atoms with Crippen LogP contribution in [0.15, 0.2) is 12.7 Å². The third-order valence-electron chi connectivity index (χ3n) is 2.43. The molecule has 0 aromatic carbocycles. The quantitative estimate of drug-likeness (QED) is 0.291. The third-order valence-corrected chi connectivity index (χ3v) is 4.48. The van der Waals surface area contributed by atoms with Crippen molar-refractivity contribution in [2.24, 2.45) is 0 Å². The number of ether oxygens (including phenoxy) is 2. The summed E-state index contributed by atoms with van der Waals surface area (Å²) in [4.78, 5) is 10.9. The number of methoxy groups -OCH3 is 2. The molecule has 1 unspecified atom stereocenters. The Morgan fingerprint density at radius 1 is 1.47 bits per heavy atom. The van der Waals surface area contributed by atoms with E-state index in [-0.39, 0.29) is 5.91 Å². The van der Waals surface area contributed by atoms with Gasteiger partial charge in [0.1, 0.15) is 0 Å². The summed E-state index contributed by atoms with van der Waals surface area (Å²) in [6.07, 6.45) is 2.15. The van der Waals surface area contributed by atoms with Gasteiger partial charge < -0.3 is 19.2 Å². The summed E-state index contributed by atoms with van der Waals surface area (Å²) in [5.41, 5.74) is 0. The molecule has 0 aliphatic carbocycles. The molecule has 100 valence electrons. The van der Waals surface area contributed by atoms with Gasteiger partial charge in [-0.15, -0.1) is 0 Å². The fourth-order valence-corrected chi connectivity index (χ4v) is 3.10. The van der Waals surface area contributed by atoms with Crippen LogP contribution in [0.25, 0.3) is 0 Å². The highest BCUT2D eigenvalue weighted by Crippen LogP contribution is 2.15. The van der Waals surface area contributed by atoms with Gasteiger partial charge in [-0.05, 0) is 25.1 Å². The maximum absolute atomic E-state index is 10.9. The van der Waals surface area contributed by atoms with Crippen molar-refractivity contribution >= 4 is 14.9 Å². The molecule has 0 bridgehead atoms. The van der Waals surface area contributed by atoms with Crippen molar-refractivity contribution in [3.05, 3.63) is 12.7 Å². The molecule has 0 aromatic rings. The molecule has 1 N–H and O–H groups in total. The Morgan fingerprint density at radius 3 is 2.53 bits per heavy atom. The van der Waals surface area contributed by atoms with Crippen LogP contribution in [0, 0.1) is 0 Å². The molecule has 0 saturated carbocycles. The lowest BCUT2D eigenvalue weighted by Gasteiger charge is -2.29. The number of hydrogen-bond donors (Lipinski definition) is 1. The Kier molecular flexibility index (Phi) is 8.06. The molecule has 17 heavy (non-hydrogen) atoms. The molecule has 1 amide bonds. The fraction of sp³-hybridized carbons (Fsp3) is 0.727. The van der Waals surface area contributed by atoms with Gasteiger partial charge in [-0.2, -0.15) is 0 Å². The second-order valence-electron chi connectivity index (χ2n) is 3.84. The highest BCUT2D eigenvalue weighted by molar-refractivity contribution is 6.50. The largest absolute Gasteiger partial charge is 0.373 e. The first-order valence-electron chi connectivity index (χ1n) is 5.65. The highest BCUT2D eigenvalue weighted by atomic mass is 28.3. The van der Waals surface area contributed by atoms with Gasteiger partial charge >= 0.3 is 0 Å². The van der Waals surface area contributed by atoms with Gasteiger partial charge in [0, 0.05) is 27.7 Å². The van der Waals surface area contributed by atoms with E-state index in [1.165, 1.54) is 6.08 Å². The second kappa shape index (κ2) is 8.41. The topological polar surface area (TPSA) is 56.8 Å². The van der Waals surface area contributed by atoms with E-state index in [9.17, 15) is 4.79 Å². The molecule has 0 aromatic heterocycles. The van der Waals surface area contributed by atoms with E-state index < -0.39 is 15.0 Å². The van der Waals surface area contributed by atoms with Gasteiger partial charge in [-0.25, -0.2) is 0 Å². The molecule has 0 spiro atoms. The normalized spacial score (nSPS) is 13.2. The lowest BCUT2D eigenvalue weighted by Crippen LogP contribution is -2.38. The van der Waals surface area contributed by atoms with Crippen LogP contribution in [0.3, 0.4) is 0 Å². The van der Waals surface area contributed by atoms with Gasteiger partial charge in [0.25, 0.3) is 5.97 Å². The Hall–Kier alpha value is -0.693. The van der Waals surface area contributed by atoms with E-state index in [4.69, 9.17) is 13.9 Å². The first-order chi connectivity index (χ1) is 7.97. The Balaban J connectivity index is 3.76. The molecule has 5 nitrogen and oxygen atoms in total. The van der Waals surface area contributed by atoms with Gasteiger partial charge in [0.15, 0.2) is 9.04 Å². The molecule has 6 heteroatoms. The number of nitrogens with one attached hydrogen (secondary N) is 1. The minimum atomic E-state index is -1.36. The zero-order chi connectivity index (χ0) is 13.3. The molecule has 0 heterocycles. The van der Waals surface area contributed by atoms with Crippen LogP contribution in [0.2, 0.25) is 12.6 Å². The number of carbonyl (C=O) groups is 1. The van der Waals surface area contributed by atoms with Gasteiger partial charge in [-0.1, -0.05) is 6.58 Å². The van der Waals surface area contributed by atoms with Crippen molar-refractivity contribution in [1.82, 2.24) is 5.32 Å². The standard InChI is InChI=1S/C11H23NO4Si/c1-6-10(13)12-8-7-9-17(5)16-11(2,14-3)15-4/h6,17H,1,7-9H2,2-5H3,(H,12,13). The van der Waals surface area contributed by atoms with E-state index in [1.807, 2.05) is 0 Å².